The predicted octanol–water partition coefficient (Wildman–Crippen LogP) is 3.20. The minimum Gasteiger partial charge on any atom is -0.463 e. The summed E-state index contributed by atoms with van der Waals surface area (Å²) in [7, 11) is 0. The van der Waals surface area contributed by atoms with Crippen molar-refractivity contribution in [1.29, 1.82) is 0 Å². The molecule has 0 saturated carbocycles. The van der Waals surface area contributed by atoms with Gasteiger partial charge in [-0.15, -0.1) is 0 Å². The molecular weight excluding hydrogens is 348 g/mol. The third kappa shape index (κ3) is 3.32. The van der Waals surface area contributed by atoms with Gasteiger partial charge in [-0.1, -0.05) is 28.1 Å². The summed E-state index contributed by atoms with van der Waals surface area (Å²) in [5.74, 6) is 0.215. The van der Waals surface area contributed by atoms with E-state index in [0.717, 1.165) is 10.0 Å². The second-order valence-corrected chi connectivity index (χ2v) is 5.31. The summed E-state index contributed by atoms with van der Waals surface area (Å²) in [5.41, 5.74) is 4.17. The van der Waals surface area contributed by atoms with Crippen LogP contribution in [0.5, 0.6) is 0 Å². The molecule has 3 rings (SSSR count). The Morgan fingerprint density at radius 3 is 2.86 bits per heavy atom. The fourth-order valence-electron chi connectivity index (χ4n) is 1.77. The number of aromatic amines is 1. The third-order valence-corrected chi connectivity index (χ3v) is 3.38. The number of nitrogens with one attached hydrogen (secondary N) is 2. The molecule has 1 aromatic carbocycles. The number of aromatic nitrogens is 2. The van der Waals surface area contributed by atoms with Crippen LogP contribution in [0.4, 0.5) is 0 Å². The van der Waals surface area contributed by atoms with Gasteiger partial charge in [0.25, 0.3) is 5.91 Å². The van der Waals surface area contributed by atoms with Gasteiger partial charge in [0, 0.05) is 10.5 Å². The van der Waals surface area contributed by atoms with E-state index in [4.69, 9.17) is 4.42 Å². The lowest BCUT2D eigenvalue weighted by Gasteiger charge is -1.95. The summed E-state index contributed by atoms with van der Waals surface area (Å²) >= 11 is 3.35. The van der Waals surface area contributed by atoms with Gasteiger partial charge in [-0.05, 0) is 29.8 Å². The number of carbonyl (C=O) groups is 1. The van der Waals surface area contributed by atoms with E-state index < -0.39 is 5.91 Å². The minimum absolute atomic E-state index is 0.236. The van der Waals surface area contributed by atoms with Crippen molar-refractivity contribution in [2.45, 2.75) is 0 Å². The Kier molecular flexibility index (Phi) is 4.15. The Morgan fingerprint density at radius 2 is 2.14 bits per heavy atom. The summed E-state index contributed by atoms with van der Waals surface area (Å²) in [6.07, 6.45) is 3.11. The highest BCUT2D eigenvalue weighted by atomic mass is 79.9. The molecule has 0 atom stereocenters. The molecule has 7 heteroatoms. The van der Waals surface area contributed by atoms with Gasteiger partial charge in [0.2, 0.25) is 0 Å². The van der Waals surface area contributed by atoms with Crippen molar-refractivity contribution in [3.63, 3.8) is 0 Å². The van der Waals surface area contributed by atoms with E-state index in [1.807, 2.05) is 24.3 Å². The van der Waals surface area contributed by atoms with Crippen molar-refractivity contribution in [1.82, 2.24) is 15.6 Å². The number of hydrogen-bond acceptors (Lipinski definition) is 4. The van der Waals surface area contributed by atoms with Crippen LogP contribution in [0.3, 0.4) is 0 Å². The van der Waals surface area contributed by atoms with E-state index in [-0.39, 0.29) is 5.69 Å². The molecule has 0 fully saturated rings. The lowest BCUT2D eigenvalue weighted by molar-refractivity contribution is 0.0950. The number of furan rings is 1. The molecule has 0 radical (unpaired) electrons. The first-order chi connectivity index (χ1) is 10.7. The molecule has 0 aliphatic carbocycles. The van der Waals surface area contributed by atoms with Crippen molar-refractivity contribution < 1.29 is 9.21 Å². The summed E-state index contributed by atoms with van der Waals surface area (Å²) in [4.78, 5) is 11.9. The van der Waals surface area contributed by atoms with Crippen molar-refractivity contribution in [2.75, 3.05) is 0 Å². The number of hydrazone groups is 1. The maximum atomic E-state index is 11.9. The van der Waals surface area contributed by atoms with E-state index in [9.17, 15) is 4.79 Å². The van der Waals surface area contributed by atoms with Crippen LogP contribution in [0, 0.1) is 0 Å². The largest absolute Gasteiger partial charge is 0.463 e. The van der Waals surface area contributed by atoms with Gasteiger partial charge in [-0.2, -0.15) is 10.2 Å². The Labute approximate surface area is 134 Å². The monoisotopic (exact) mass is 358 g/mol. The Morgan fingerprint density at radius 1 is 1.32 bits per heavy atom. The minimum atomic E-state index is -0.401. The van der Waals surface area contributed by atoms with Crippen LogP contribution < -0.4 is 5.43 Å². The van der Waals surface area contributed by atoms with Crippen LogP contribution >= 0.6 is 15.9 Å². The SMILES string of the molecule is O=C(NN=Cc1ccc(Br)cc1)c1cc(-c2ccco2)[nH]n1. The first-order valence-corrected chi connectivity index (χ1v) is 7.20. The first kappa shape index (κ1) is 14.3. The molecular formula is C15H11BrN4O2. The van der Waals surface area contributed by atoms with E-state index >= 15 is 0 Å². The fraction of sp³-hybridized carbons (Fsp3) is 0. The molecule has 0 aliphatic heterocycles. The van der Waals surface area contributed by atoms with Crippen LogP contribution in [-0.2, 0) is 0 Å². The highest BCUT2D eigenvalue weighted by molar-refractivity contribution is 9.10. The van der Waals surface area contributed by atoms with E-state index in [1.165, 1.54) is 0 Å². The van der Waals surface area contributed by atoms with Crippen LogP contribution in [-0.4, -0.2) is 22.3 Å². The van der Waals surface area contributed by atoms with Crippen molar-refractivity contribution in [2.24, 2.45) is 5.10 Å². The summed E-state index contributed by atoms with van der Waals surface area (Å²) < 4.78 is 6.21. The van der Waals surface area contributed by atoms with Crippen LogP contribution in [0.2, 0.25) is 0 Å². The van der Waals surface area contributed by atoms with Crippen LogP contribution in [0.15, 0.2) is 62.7 Å². The van der Waals surface area contributed by atoms with E-state index in [0.29, 0.717) is 11.5 Å². The molecule has 2 N–H and O–H groups in total. The number of H-pyrrole nitrogens is 1. The van der Waals surface area contributed by atoms with Crippen molar-refractivity contribution in [3.05, 3.63) is 64.5 Å². The van der Waals surface area contributed by atoms with Gasteiger partial charge in [0.15, 0.2) is 11.5 Å². The average molecular weight is 359 g/mol. The zero-order chi connectivity index (χ0) is 15.4. The highest BCUT2D eigenvalue weighted by Gasteiger charge is 2.11. The predicted molar refractivity (Wildman–Crippen MR) is 85.5 cm³/mol. The summed E-state index contributed by atoms with van der Waals surface area (Å²) in [6, 6.07) is 12.7. The van der Waals surface area contributed by atoms with Gasteiger partial charge in [0.1, 0.15) is 5.69 Å². The van der Waals surface area contributed by atoms with Gasteiger partial charge >= 0.3 is 0 Å². The second kappa shape index (κ2) is 6.40. The number of carbonyl (C=O) groups excluding carboxylic acids is 1. The van der Waals surface area contributed by atoms with E-state index in [2.05, 4.69) is 36.7 Å². The molecule has 110 valence electrons. The molecule has 2 heterocycles. The molecule has 0 bridgehead atoms. The molecule has 0 aliphatic rings. The number of nitrogens with zero attached hydrogens (tertiary/aromatic N) is 2. The van der Waals surface area contributed by atoms with Gasteiger partial charge in [-0.25, -0.2) is 5.43 Å². The number of halogens is 1. The maximum absolute atomic E-state index is 11.9. The molecule has 2 aromatic heterocycles. The van der Waals surface area contributed by atoms with Gasteiger partial charge in [-0.3, -0.25) is 9.89 Å². The molecule has 1 amide bonds. The fourth-order valence-corrected chi connectivity index (χ4v) is 2.03. The number of hydrogen-bond donors (Lipinski definition) is 2. The number of amides is 1. The number of rotatable bonds is 4. The normalized spacial score (nSPS) is 11.0. The molecule has 6 nitrogen and oxygen atoms in total. The lowest BCUT2D eigenvalue weighted by Crippen LogP contribution is -2.17. The highest BCUT2D eigenvalue weighted by Crippen LogP contribution is 2.17. The molecule has 22 heavy (non-hydrogen) atoms. The molecule has 0 saturated heterocycles. The van der Waals surface area contributed by atoms with Gasteiger partial charge in [0.05, 0.1) is 12.5 Å². The average Bonchev–Trinajstić information content (AvgIpc) is 3.20. The first-order valence-electron chi connectivity index (χ1n) is 6.40. The molecule has 0 spiro atoms. The standard InChI is InChI=1S/C15H11BrN4O2/c16-11-5-3-10(4-6-11)9-17-20-15(21)13-8-12(18-19-13)14-2-1-7-22-14/h1-9H,(H,18,19)(H,20,21). The topological polar surface area (TPSA) is 83.3 Å². The Bertz CT molecular complexity index is 791. The Balaban J connectivity index is 1.63. The summed E-state index contributed by atoms with van der Waals surface area (Å²) in [5, 5.41) is 10.6. The maximum Gasteiger partial charge on any atom is 0.291 e. The third-order valence-electron chi connectivity index (χ3n) is 2.85. The molecule has 0 unspecified atom stereocenters. The lowest BCUT2D eigenvalue weighted by atomic mass is 10.2. The van der Waals surface area contributed by atoms with Crippen molar-refractivity contribution >= 4 is 28.1 Å². The zero-order valence-electron chi connectivity index (χ0n) is 11.3. The quantitative estimate of drug-likeness (QED) is 0.554. The smallest absolute Gasteiger partial charge is 0.291 e. The van der Waals surface area contributed by atoms with Gasteiger partial charge < -0.3 is 4.42 Å². The Hall–Kier alpha value is -2.67. The van der Waals surface area contributed by atoms with Crippen molar-refractivity contribution in [3.8, 4) is 11.5 Å². The van der Waals surface area contributed by atoms with Crippen LogP contribution in [0.1, 0.15) is 16.1 Å². The summed E-state index contributed by atoms with van der Waals surface area (Å²) in [6.45, 7) is 0. The molecule has 3 aromatic rings. The van der Waals surface area contributed by atoms with Crippen LogP contribution in [0.25, 0.3) is 11.5 Å². The van der Waals surface area contributed by atoms with E-state index in [1.54, 1.807) is 30.7 Å². The second-order valence-electron chi connectivity index (χ2n) is 4.39. The number of benzene rings is 1. The zero-order valence-corrected chi connectivity index (χ0v) is 12.9.